The van der Waals surface area contributed by atoms with Crippen molar-refractivity contribution >= 4 is 12.2 Å². The molecule has 3 heteroatoms. The van der Waals surface area contributed by atoms with Gasteiger partial charge in [-0.1, -0.05) is 43.9 Å². The van der Waals surface area contributed by atoms with Gasteiger partial charge in [-0.2, -0.15) is 0 Å². The van der Waals surface area contributed by atoms with Gasteiger partial charge in [-0.25, -0.2) is 0 Å². The zero-order valence-electron chi connectivity index (χ0n) is 13.8. The Balaban J connectivity index is 1.86. The van der Waals surface area contributed by atoms with Crippen LogP contribution in [-0.2, 0) is 4.79 Å². The molecule has 0 saturated heterocycles. The van der Waals surface area contributed by atoms with Crippen molar-refractivity contribution in [1.29, 1.82) is 0 Å². The van der Waals surface area contributed by atoms with Crippen LogP contribution in [0.5, 0.6) is 0 Å². The van der Waals surface area contributed by atoms with Crippen molar-refractivity contribution in [1.82, 2.24) is 4.90 Å². The first-order chi connectivity index (χ1) is 11.3. The SMILES string of the molecule is O=CC[C@@H]1CCC[C@@H]1N(C(=O)c1ccccc1)C1CCCCC1. The van der Waals surface area contributed by atoms with Crippen molar-refractivity contribution in [3.63, 3.8) is 0 Å². The van der Waals surface area contributed by atoms with E-state index in [0.717, 1.165) is 44.0 Å². The minimum absolute atomic E-state index is 0.167. The Morgan fingerprint density at radius 1 is 1.00 bits per heavy atom. The molecule has 0 aromatic heterocycles. The summed E-state index contributed by atoms with van der Waals surface area (Å²) in [5.41, 5.74) is 0.787. The highest BCUT2D eigenvalue weighted by Gasteiger charge is 2.38. The third-order valence-corrected chi connectivity index (χ3v) is 5.60. The molecule has 1 aromatic carbocycles. The predicted molar refractivity (Wildman–Crippen MR) is 91.3 cm³/mol. The van der Waals surface area contributed by atoms with Crippen molar-refractivity contribution in [2.75, 3.05) is 0 Å². The summed E-state index contributed by atoms with van der Waals surface area (Å²) in [6.07, 6.45) is 10.8. The lowest BCUT2D eigenvalue weighted by molar-refractivity contribution is -0.109. The van der Waals surface area contributed by atoms with E-state index in [1.165, 1.54) is 19.3 Å². The number of amides is 1. The van der Waals surface area contributed by atoms with E-state index in [-0.39, 0.29) is 11.9 Å². The van der Waals surface area contributed by atoms with E-state index in [4.69, 9.17) is 0 Å². The Hall–Kier alpha value is -1.64. The summed E-state index contributed by atoms with van der Waals surface area (Å²) in [6, 6.07) is 10.3. The zero-order chi connectivity index (χ0) is 16.1. The normalized spacial score (nSPS) is 25.2. The monoisotopic (exact) mass is 313 g/mol. The fourth-order valence-corrected chi connectivity index (χ4v) is 4.46. The molecule has 2 aliphatic carbocycles. The van der Waals surface area contributed by atoms with Crippen LogP contribution in [0.25, 0.3) is 0 Å². The smallest absolute Gasteiger partial charge is 0.254 e. The maximum absolute atomic E-state index is 13.2. The second-order valence-corrected chi connectivity index (χ2v) is 7.03. The molecule has 3 nitrogen and oxygen atoms in total. The van der Waals surface area contributed by atoms with Crippen LogP contribution in [0.4, 0.5) is 0 Å². The van der Waals surface area contributed by atoms with Crippen LogP contribution in [0.2, 0.25) is 0 Å². The predicted octanol–water partition coefficient (Wildman–Crippen LogP) is 4.22. The molecule has 1 amide bonds. The van der Waals surface area contributed by atoms with E-state index in [1.54, 1.807) is 0 Å². The summed E-state index contributed by atoms with van der Waals surface area (Å²) >= 11 is 0. The van der Waals surface area contributed by atoms with Crippen molar-refractivity contribution < 1.29 is 9.59 Å². The van der Waals surface area contributed by atoms with E-state index in [1.807, 2.05) is 30.3 Å². The summed E-state index contributed by atoms with van der Waals surface area (Å²) in [5.74, 6) is 0.516. The molecule has 0 N–H and O–H groups in total. The van der Waals surface area contributed by atoms with Gasteiger partial charge in [0, 0.05) is 24.1 Å². The molecule has 23 heavy (non-hydrogen) atoms. The van der Waals surface area contributed by atoms with Crippen LogP contribution in [0.15, 0.2) is 30.3 Å². The van der Waals surface area contributed by atoms with Gasteiger partial charge >= 0.3 is 0 Å². The average Bonchev–Trinajstić information content (AvgIpc) is 3.05. The summed E-state index contributed by atoms with van der Waals surface area (Å²) in [7, 11) is 0. The summed E-state index contributed by atoms with van der Waals surface area (Å²) < 4.78 is 0. The third kappa shape index (κ3) is 3.65. The van der Waals surface area contributed by atoms with Crippen LogP contribution in [0, 0.1) is 5.92 Å². The second-order valence-electron chi connectivity index (χ2n) is 7.03. The Bertz CT molecular complexity index is 522. The molecular weight excluding hydrogens is 286 g/mol. The van der Waals surface area contributed by atoms with Gasteiger partial charge < -0.3 is 9.69 Å². The fraction of sp³-hybridized carbons (Fsp3) is 0.600. The molecule has 0 bridgehead atoms. The van der Waals surface area contributed by atoms with Gasteiger partial charge in [0.05, 0.1) is 0 Å². The Kier molecular flexibility index (Phi) is 5.47. The number of hydrogen-bond acceptors (Lipinski definition) is 2. The van der Waals surface area contributed by atoms with Crippen molar-refractivity contribution in [3.05, 3.63) is 35.9 Å². The molecule has 2 aliphatic rings. The number of hydrogen-bond donors (Lipinski definition) is 0. The molecular formula is C20H27NO2. The summed E-state index contributed by atoms with van der Waals surface area (Å²) in [5, 5.41) is 0. The lowest BCUT2D eigenvalue weighted by Crippen LogP contribution is -2.49. The lowest BCUT2D eigenvalue weighted by Gasteiger charge is -2.41. The zero-order valence-corrected chi connectivity index (χ0v) is 13.8. The summed E-state index contributed by atoms with van der Waals surface area (Å²) in [6.45, 7) is 0. The van der Waals surface area contributed by atoms with Gasteiger partial charge in [0.2, 0.25) is 0 Å². The van der Waals surface area contributed by atoms with E-state index in [0.29, 0.717) is 18.4 Å². The van der Waals surface area contributed by atoms with Gasteiger partial charge in [0.1, 0.15) is 6.29 Å². The molecule has 1 aromatic rings. The Morgan fingerprint density at radius 3 is 2.43 bits per heavy atom. The quantitative estimate of drug-likeness (QED) is 0.763. The van der Waals surface area contributed by atoms with Gasteiger partial charge in [-0.15, -0.1) is 0 Å². The van der Waals surface area contributed by atoms with Crippen LogP contribution >= 0.6 is 0 Å². The molecule has 0 aliphatic heterocycles. The van der Waals surface area contributed by atoms with Crippen LogP contribution in [0.1, 0.15) is 68.1 Å². The first kappa shape index (κ1) is 16.2. The lowest BCUT2D eigenvalue weighted by atomic mass is 9.89. The van der Waals surface area contributed by atoms with Crippen LogP contribution < -0.4 is 0 Å². The molecule has 2 fully saturated rings. The van der Waals surface area contributed by atoms with E-state index >= 15 is 0 Å². The second kappa shape index (κ2) is 7.76. The molecule has 0 radical (unpaired) electrons. The van der Waals surface area contributed by atoms with E-state index in [2.05, 4.69) is 4.90 Å². The molecule has 3 rings (SSSR count). The maximum Gasteiger partial charge on any atom is 0.254 e. The first-order valence-electron chi connectivity index (χ1n) is 9.12. The molecule has 2 atom stereocenters. The minimum atomic E-state index is 0.167. The highest BCUT2D eigenvalue weighted by molar-refractivity contribution is 5.94. The molecule has 0 heterocycles. The number of benzene rings is 1. The minimum Gasteiger partial charge on any atom is -0.332 e. The Morgan fingerprint density at radius 2 is 1.74 bits per heavy atom. The number of nitrogens with zero attached hydrogens (tertiary/aromatic N) is 1. The standard InChI is InChI=1S/C20H27NO2/c22-15-14-16-10-7-13-19(16)21(18-11-5-2-6-12-18)20(23)17-8-3-1-4-9-17/h1,3-4,8-9,15-16,18-19H,2,5-7,10-14H2/t16-,19-/m0/s1. The van der Waals surface area contributed by atoms with Crippen molar-refractivity contribution in [2.45, 2.75) is 69.9 Å². The average molecular weight is 313 g/mol. The molecule has 124 valence electrons. The largest absolute Gasteiger partial charge is 0.332 e. The molecule has 0 unspecified atom stereocenters. The van der Waals surface area contributed by atoms with Crippen molar-refractivity contribution in [2.24, 2.45) is 5.92 Å². The topological polar surface area (TPSA) is 37.4 Å². The maximum atomic E-state index is 13.2. The van der Waals surface area contributed by atoms with E-state index in [9.17, 15) is 9.59 Å². The molecule has 2 saturated carbocycles. The van der Waals surface area contributed by atoms with Crippen LogP contribution in [0.3, 0.4) is 0 Å². The Labute approximate surface area is 139 Å². The van der Waals surface area contributed by atoms with Crippen LogP contribution in [-0.4, -0.2) is 29.2 Å². The van der Waals surface area contributed by atoms with Gasteiger partial charge in [0.25, 0.3) is 5.91 Å². The summed E-state index contributed by atoms with van der Waals surface area (Å²) in [4.78, 5) is 26.4. The highest BCUT2D eigenvalue weighted by Crippen LogP contribution is 2.36. The van der Waals surface area contributed by atoms with Gasteiger partial charge in [0.15, 0.2) is 0 Å². The highest BCUT2D eigenvalue weighted by atomic mass is 16.2. The number of aldehydes is 1. The number of carbonyl (C=O) groups excluding carboxylic acids is 2. The third-order valence-electron chi connectivity index (χ3n) is 5.60. The van der Waals surface area contributed by atoms with Gasteiger partial charge in [-0.05, 0) is 43.7 Å². The number of rotatable bonds is 5. The molecule has 0 spiro atoms. The fourth-order valence-electron chi connectivity index (χ4n) is 4.46. The first-order valence-corrected chi connectivity index (χ1v) is 9.12. The van der Waals surface area contributed by atoms with E-state index < -0.39 is 0 Å². The van der Waals surface area contributed by atoms with Crippen molar-refractivity contribution in [3.8, 4) is 0 Å². The van der Waals surface area contributed by atoms with Gasteiger partial charge in [-0.3, -0.25) is 4.79 Å². The number of carbonyl (C=O) groups is 2.